The fourth-order valence-electron chi connectivity index (χ4n) is 2.57. The average Bonchev–Trinajstić information content (AvgIpc) is 2.40. The molecule has 1 aliphatic rings. The Bertz CT molecular complexity index is 471. The first-order valence-corrected chi connectivity index (χ1v) is 7.96. The lowest BCUT2D eigenvalue weighted by molar-refractivity contribution is -0.134. The Morgan fingerprint density at radius 1 is 1.10 bits per heavy atom. The van der Waals surface area contributed by atoms with E-state index in [9.17, 15) is 4.79 Å². The highest BCUT2D eigenvalue weighted by molar-refractivity contribution is 6.30. The minimum atomic E-state index is 0.0670. The highest BCUT2D eigenvalue weighted by atomic mass is 35.5. The Kier molecular flexibility index (Phi) is 5.28. The molecule has 1 saturated heterocycles. The molecule has 1 aromatic carbocycles. The highest BCUT2D eigenvalue weighted by Crippen LogP contribution is 2.20. The monoisotopic (exact) mass is 308 g/mol. The Balaban J connectivity index is 1.80. The van der Waals surface area contributed by atoms with Crippen LogP contribution in [0, 0.1) is 5.41 Å². The van der Waals surface area contributed by atoms with Gasteiger partial charge in [0.1, 0.15) is 0 Å². The first kappa shape index (κ1) is 16.3. The van der Waals surface area contributed by atoms with E-state index < -0.39 is 0 Å². The maximum Gasteiger partial charge on any atom is 0.223 e. The molecule has 2 rings (SSSR count). The van der Waals surface area contributed by atoms with Crippen molar-refractivity contribution in [1.82, 2.24) is 9.80 Å². The number of hydrogen-bond donors (Lipinski definition) is 0. The van der Waals surface area contributed by atoms with Crippen molar-refractivity contribution in [1.29, 1.82) is 0 Å². The normalized spacial score (nSPS) is 17.0. The molecule has 4 heteroatoms. The van der Waals surface area contributed by atoms with E-state index in [1.165, 1.54) is 5.56 Å². The predicted molar refractivity (Wildman–Crippen MR) is 87.4 cm³/mol. The predicted octanol–water partition coefficient (Wildman–Crippen LogP) is 3.42. The minimum absolute atomic E-state index is 0.0670. The zero-order valence-corrected chi connectivity index (χ0v) is 14.0. The lowest BCUT2D eigenvalue weighted by Gasteiger charge is -2.36. The van der Waals surface area contributed by atoms with Crippen molar-refractivity contribution in [3.63, 3.8) is 0 Å². The van der Waals surface area contributed by atoms with Gasteiger partial charge in [-0.2, -0.15) is 0 Å². The topological polar surface area (TPSA) is 23.6 Å². The molecule has 0 aliphatic carbocycles. The summed E-state index contributed by atoms with van der Waals surface area (Å²) >= 11 is 5.90. The van der Waals surface area contributed by atoms with Gasteiger partial charge in [0.25, 0.3) is 0 Å². The molecule has 21 heavy (non-hydrogen) atoms. The van der Waals surface area contributed by atoms with Gasteiger partial charge in [-0.1, -0.05) is 44.5 Å². The first-order chi connectivity index (χ1) is 9.83. The zero-order chi connectivity index (χ0) is 15.5. The number of amides is 1. The molecular formula is C17H25ClN2O. The Morgan fingerprint density at radius 2 is 1.67 bits per heavy atom. The lowest BCUT2D eigenvalue weighted by Crippen LogP contribution is -2.48. The molecule has 0 bridgehead atoms. The summed E-state index contributed by atoms with van der Waals surface area (Å²) in [5.74, 6) is 0.286. The Morgan fingerprint density at radius 3 is 2.19 bits per heavy atom. The third-order valence-corrected chi connectivity index (χ3v) is 3.98. The third-order valence-electron chi connectivity index (χ3n) is 3.73. The smallest absolute Gasteiger partial charge is 0.223 e. The molecule has 1 fully saturated rings. The van der Waals surface area contributed by atoms with Crippen LogP contribution in [0.2, 0.25) is 5.02 Å². The summed E-state index contributed by atoms with van der Waals surface area (Å²) in [4.78, 5) is 16.6. The molecule has 0 aromatic heterocycles. The van der Waals surface area contributed by atoms with E-state index in [-0.39, 0.29) is 11.3 Å². The molecule has 0 radical (unpaired) electrons. The van der Waals surface area contributed by atoms with Gasteiger partial charge in [-0.25, -0.2) is 0 Å². The van der Waals surface area contributed by atoms with E-state index in [0.29, 0.717) is 6.42 Å². The summed E-state index contributed by atoms with van der Waals surface area (Å²) in [6.45, 7) is 10.8. The van der Waals surface area contributed by atoms with E-state index in [0.717, 1.165) is 37.7 Å². The van der Waals surface area contributed by atoms with Crippen molar-refractivity contribution >= 4 is 17.5 Å². The minimum Gasteiger partial charge on any atom is -0.340 e. The van der Waals surface area contributed by atoms with Gasteiger partial charge in [-0.05, 0) is 23.1 Å². The molecule has 1 heterocycles. The second-order valence-corrected chi connectivity index (χ2v) is 7.46. The summed E-state index contributed by atoms with van der Waals surface area (Å²) < 4.78 is 0. The van der Waals surface area contributed by atoms with Gasteiger partial charge in [0, 0.05) is 44.2 Å². The maximum absolute atomic E-state index is 12.2. The summed E-state index contributed by atoms with van der Waals surface area (Å²) in [5.41, 5.74) is 1.34. The van der Waals surface area contributed by atoms with E-state index in [2.05, 4.69) is 37.8 Å². The van der Waals surface area contributed by atoms with Crippen LogP contribution in [0.25, 0.3) is 0 Å². The fraction of sp³-hybridized carbons (Fsp3) is 0.588. The molecule has 1 aromatic rings. The van der Waals surface area contributed by atoms with Gasteiger partial charge in [0.05, 0.1) is 0 Å². The maximum atomic E-state index is 12.2. The summed E-state index contributed by atoms with van der Waals surface area (Å²) in [7, 11) is 0. The Hall–Kier alpha value is -1.06. The SMILES string of the molecule is CC(C)(C)CC(=O)N1CCN(Cc2ccc(Cl)cc2)CC1. The largest absolute Gasteiger partial charge is 0.340 e. The van der Waals surface area contributed by atoms with Crippen molar-refractivity contribution in [2.75, 3.05) is 26.2 Å². The quantitative estimate of drug-likeness (QED) is 0.854. The van der Waals surface area contributed by atoms with Gasteiger partial charge in [-0.3, -0.25) is 9.69 Å². The molecular weight excluding hydrogens is 284 g/mol. The van der Waals surface area contributed by atoms with Crippen LogP contribution in [0.4, 0.5) is 0 Å². The molecule has 1 aliphatic heterocycles. The molecule has 0 atom stereocenters. The number of rotatable bonds is 3. The number of halogens is 1. The van der Waals surface area contributed by atoms with Gasteiger partial charge in [-0.15, -0.1) is 0 Å². The van der Waals surface area contributed by atoms with Crippen LogP contribution < -0.4 is 0 Å². The van der Waals surface area contributed by atoms with Gasteiger partial charge in [0.2, 0.25) is 5.91 Å². The fourth-order valence-corrected chi connectivity index (χ4v) is 2.69. The van der Waals surface area contributed by atoms with E-state index in [4.69, 9.17) is 11.6 Å². The molecule has 1 amide bonds. The molecule has 116 valence electrons. The van der Waals surface area contributed by atoms with Crippen molar-refractivity contribution in [2.45, 2.75) is 33.7 Å². The summed E-state index contributed by atoms with van der Waals surface area (Å²) in [6, 6.07) is 8.00. The van der Waals surface area contributed by atoms with Crippen molar-refractivity contribution < 1.29 is 4.79 Å². The number of carbonyl (C=O) groups excluding carboxylic acids is 1. The van der Waals surface area contributed by atoms with Crippen LogP contribution in [0.1, 0.15) is 32.8 Å². The van der Waals surface area contributed by atoms with Crippen LogP contribution >= 0.6 is 11.6 Å². The van der Waals surface area contributed by atoms with Crippen molar-refractivity contribution in [3.05, 3.63) is 34.9 Å². The summed E-state index contributed by atoms with van der Waals surface area (Å²) in [6.07, 6.45) is 0.629. The number of hydrogen-bond acceptors (Lipinski definition) is 2. The number of benzene rings is 1. The molecule has 3 nitrogen and oxygen atoms in total. The molecule has 0 spiro atoms. The van der Waals surface area contributed by atoms with Crippen LogP contribution in [-0.4, -0.2) is 41.9 Å². The Labute approximate surface area is 132 Å². The molecule has 0 saturated carbocycles. The molecule has 0 unspecified atom stereocenters. The third kappa shape index (κ3) is 5.33. The van der Waals surface area contributed by atoms with E-state index in [1.54, 1.807) is 0 Å². The second kappa shape index (κ2) is 6.80. The number of nitrogens with zero attached hydrogens (tertiary/aromatic N) is 2. The standard InChI is InChI=1S/C17H25ClN2O/c1-17(2,3)12-16(21)20-10-8-19(9-11-20)13-14-4-6-15(18)7-5-14/h4-7H,8-13H2,1-3H3. The van der Waals surface area contributed by atoms with E-state index >= 15 is 0 Å². The van der Waals surface area contributed by atoms with Gasteiger partial charge < -0.3 is 4.90 Å². The van der Waals surface area contributed by atoms with Crippen LogP contribution in [0.15, 0.2) is 24.3 Å². The van der Waals surface area contributed by atoms with Crippen LogP contribution in [-0.2, 0) is 11.3 Å². The van der Waals surface area contributed by atoms with Crippen LogP contribution in [0.3, 0.4) is 0 Å². The second-order valence-electron chi connectivity index (χ2n) is 7.02. The van der Waals surface area contributed by atoms with E-state index in [1.807, 2.05) is 17.0 Å². The van der Waals surface area contributed by atoms with Gasteiger partial charge in [0.15, 0.2) is 0 Å². The lowest BCUT2D eigenvalue weighted by atomic mass is 9.91. The first-order valence-electron chi connectivity index (χ1n) is 7.58. The van der Waals surface area contributed by atoms with Crippen molar-refractivity contribution in [2.24, 2.45) is 5.41 Å². The molecule has 0 N–H and O–H groups in total. The zero-order valence-electron chi connectivity index (χ0n) is 13.2. The van der Waals surface area contributed by atoms with Gasteiger partial charge >= 0.3 is 0 Å². The average molecular weight is 309 g/mol. The number of carbonyl (C=O) groups is 1. The van der Waals surface area contributed by atoms with Crippen LogP contribution in [0.5, 0.6) is 0 Å². The number of piperazine rings is 1. The van der Waals surface area contributed by atoms with Crippen molar-refractivity contribution in [3.8, 4) is 0 Å². The summed E-state index contributed by atoms with van der Waals surface area (Å²) in [5, 5.41) is 0.774. The highest BCUT2D eigenvalue weighted by Gasteiger charge is 2.24.